The van der Waals surface area contributed by atoms with E-state index < -0.39 is 5.91 Å². The van der Waals surface area contributed by atoms with Gasteiger partial charge in [0.15, 0.2) is 5.70 Å². The second-order valence-corrected chi connectivity index (χ2v) is 7.73. The monoisotopic (exact) mass is 488 g/mol. The zero-order valence-corrected chi connectivity index (χ0v) is 20.3. The van der Waals surface area contributed by atoms with E-state index in [-0.39, 0.29) is 11.5 Å². The van der Waals surface area contributed by atoms with Crippen LogP contribution in [0.25, 0.3) is 0 Å². The highest BCUT2D eigenvalue weighted by atomic mass is 35.5. The molecule has 10 heteroatoms. The lowest BCUT2D eigenvalue weighted by molar-refractivity contribution is -0.113. The minimum atomic E-state index is -0.648. The molecular formula is C24H29ClN4O5. The van der Waals surface area contributed by atoms with Crippen molar-refractivity contribution < 1.29 is 24.1 Å². The number of amides is 1. The molecule has 1 aliphatic rings. The second-order valence-electron chi connectivity index (χ2n) is 7.32. The molecule has 0 spiro atoms. The first kappa shape index (κ1) is 25.3. The van der Waals surface area contributed by atoms with Crippen molar-refractivity contribution >= 4 is 34.6 Å². The van der Waals surface area contributed by atoms with Crippen LogP contribution in [-0.2, 0) is 9.53 Å². The molecule has 9 nitrogen and oxygen atoms in total. The normalized spacial score (nSPS) is 14.6. The maximum atomic E-state index is 12.8. The molecule has 2 aromatic rings. The van der Waals surface area contributed by atoms with Gasteiger partial charge in [-0.1, -0.05) is 23.7 Å². The number of aliphatic hydroxyl groups excluding tert-OH is 1. The van der Waals surface area contributed by atoms with Crippen molar-refractivity contribution in [3.63, 3.8) is 0 Å². The number of hydrogen-bond donors (Lipinski definition) is 2. The number of carbonyl (C=O) groups excluding carboxylic acids is 1. The van der Waals surface area contributed by atoms with Crippen LogP contribution in [0.2, 0.25) is 5.02 Å². The quantitative estimate of drug-likeness (QED) is 0.275. The number of rotatable bonds is 9. The number of hydrogen-bond acceptors (Lipinski definition) is 8. The Morgan fingerprint density at radius 3 is 2.47 bits per heavy atom. The molecule has 182 valence electrons. The van der Waals surface area contributed by atoms with Crippen LogP contribution in [0.15, 0.2) is 58.1 Å². The topological polar surface area (TPSA) is 105 Å². The molecule has 34 heavy (non-hydrogen) atoms. The van der Waals surface area contributed by atoms with E-state index in [1.807, 2.05) is 19.9 Å². The second kappa shape index (κ2) is 12.2. The molecule has 1 heterocycles. The van der Waals surface area contributed by atoms with Crippen LogP contribution in [0.3, 0.4) is 0 Å². The van der Waals surface area contributed by atoms with Crippen molar-refractivity contribution in [1.82, 2.24) is 0 Å². The van der Waals surface area contributed by atoms with Crippen molar-refractivity contribution in [3.05, 3.63) is 52.9 Å². The lowest BCUT2D eigenvalue weighted by Crippen LogP contribution is -2.36. The van der Waals surface area contributed by atoms with Gasteiger partial charge in [-0.2, -0.15) is 0 Å². The molecule has 0 aliphatic carbocycles. The number of benzene rings is 2. The summed E-state index contributed by atoms with van der Waals surface area (Å²) >= 11 is 6.12. The average molecular weight is 489 g/mol. The van der Waals surface area contributed by atoms with Crippen LogP contribution >= 0.6 is 11.6 Å². The standard InChI is InChI=1S/C24H29ClN4O5/c1-4-33-21-15-20(29-10-12-32-13-11-29)22(34-5-2)14-19(21)27-28-23(16(3)30)24(31)26-18-9-7-6-8-17(18)25/h6-9,14-15,30H,4-5,10-13H2,1-3H3,(H,26,31)/b23-16+,28-27?. The molecule has 1 saturated heterocycles. The molecule has 2 aromatic carbocycles. The fourth-order valence-corrected chi connectivity index (χ4v) is 3.52. The number of nitrogens with one attached hydrogen (secondary N) is 1. The molecule has 2 N–H and O–H groups in total. The third kappa shape index (κ3) is 6.39. The first-order chi connectivity index (χ1) is 16.4. The summed E-state index contributed by atoms with van der Waals surface area (Å²) in [5.74, 6) is 0.164. The number of halogens is 1. The largest absolute Gasteiger partial charge is 0.510 e. The van der Waals surface area contributed by atoms with Gasteiger partial charge in [-0.25, -0.2) is 0 Å². The van der Waals surface area contributed by atoms with E-state index in [2.05, 4.69) is 20.4 Å². The van der Waals surface area contributed by atoms with Crippen LogP contribution in [0, 0.1) is 0 Å². The van der Waals surface area contributed by atoms with Crippen molar-refractivity contribution in [2.24, 2.45) is 10.2 Å². The minimum Gasteiger partial charge on any atom is -0.510 e. The summed E-state index contributed by atoms with van der Waals surface area (Å²) in [6.45, 7) is 8.70. The predicted molar refractivity (Wildman–Crippen MR) is 132 cm³/mol. The number of anilines is 2. The van der Waals surface area contributed by atoms with Crippen LogP contribution in [0.5, 0.6) is 11.5 Å². The van der Waals surface area contributed by atoms with E-state index in [1.165, 1.54) is 6.92 Å². The number of para-hydroxylation sites is 1. The van der Waals surface area contributed by atoms with Gasteiger partial charge in [0.05, 0.1) is 42.8 Å². The van der Waals surface area contributed by atoms with Gasteiger partial charge in [-0.15, -0.1) is 10.2 Å². The van der Waals surface area contributed by atoms with Gasteiger partial charge >= 0.3 is 0 Å². The molecule has 0 atom stereocenters. The van der Waals surface area contributed by atoms with Crippen molar-refractivity contribution in [2.45, 2.75) is 20.8 Å². The summed E-state index contributed by atoms with van der Waals surface area (Å²) in [4.78, 5) is 14.9. The van der Waals surface area contributed by atoms with Gasteiger partial charge in [-0.05, 0) is 32.9 Å². The SMILES string of the molecule is CCOc1cc(N2CCOCC2)c(OCC)cc1N=N/C(C(=O)Nc1ccccc1Cl)=C(\C)O. The van der Waals surface area contributed by atoms with E-state index in [4.69, 9.17) is 25.8 Å². The van der Waals surface area contributed by atoms with Gasteiger partial charge in [0.2, 0.25) is 0 Å². The van der Waals surface area contributed by atoms with Crippen LogP contribution in [0.4, 0.5) is 17.1 Å². The fourth-order valence-electron chi connectivity index (χ4n) is 3.34. The zero-order chi connectivity index (χ0) is 24.5. The predicted octanol–water partition coefficient (Wildman–Crippen LogP) is 5.49. The third-order valence-corrected chi connectivity index (χ3v) is 5.26. The number of carbonyl (C=O) groups is 1. The number of morpholine rings is 1. The molecule has 1 amide bonds. The van der Waals surface area contributed by atoms with Crippen molar-refractivity contribution in [3.8, 4) is 11.5 Å². The Kier molecular flexibility index (Phi) is 9.12. The first-order valence-electron chi connectivity index (χ1n) is 11.1. The maximum absolute atomic E-state index is 12.8. The van der Waals surface area contributed by atoms with E-state index in [0.29, 0.717) is 54.3 Å². The highest BCUT2D eigenvalue weighted by Crippen LogP contribution is 2.41. The third-order valence-electron chi connectivity index (χ3n) is 4.93. The smallest absolute Gasteiger partial charge is 0.279 e. The Morgan fingerprint density at radius 2 is 1.82 bits per heavy atom. The van der Waals surface area contributed by atoms with Crippen LogP contribution < -0.4 is 19.7 Å². The van der Waals surface area contributed by atoms with Crippen molar-refractivity contribution in [2.75, 3.05) is 49.7 Å². The van der Waals surface area contributed by atoms with E-state index in [9.17, 15) is 9.90 Å². The molecule has 1 aliphatic heterocycles. The van der Waals surface area contributed by atoms with Gasteiger partial charge in [-0.3, -0.25) is 4.79 Å². The number of nitrogens with zero attached hydrogens (tertiary/aromatic N) is 3. The first-order valence-corrected chi connectivity index (χ1v) is 11.5. The van der Waals surface area contributed by atoms with Gasteiger partial charge in [0.25, 0.3) is 5.91 Å². The number of aliphatic hydroxyl groups is 1. The Morgan fingerprint density at radius 1 is 1.15 bits per heavy atom. The summed E-state index contributed by atoms with van der Waals surface area (Å²) in [7, 11) is 0. The molecule has 0 unspecified atom stereocenters. The molecule has 0 bridgehead atoms. The Labute approximate surface area is 204 Å². The molecule has 0 radical (unpaired) electrons. The van der Waals surface area contributed by atoms with E-state index in [1.54, 1.807) is 30.3 Å². The number of allylic oxidation sites excluding steroid dienone is 1. The summed E-state index contributed by atoms with van der Waals surface area (Å²) < 4.78 is 17.1. The highest BCUT2D eigenvalue weighted by molar-refractivity contribution is 6.33. The van der Waals surface area contributed by atoms with Crippen LogP contribution in [0.1, 0.15) is 20.8 Å². The average Bonchev–Trinajstić information content (AvgIpc) is 2.82. The maximum Gasteiger partial charge on any atom is 0.279 e. The lowest BCUT2D eigenvalue weighted by Gasteiger charge is -2.30. The van der Waals surface area contributed by atoms with Crippen molar-refractivity contribution in [1.29, 1.82) is 0 Å². The summed E-state index contributed by atoms with van der Waals surface area (Å²) in [6.07, 6.45) is 0. The molecular weight excluding hydrogens is 460 g/mol. The summed E-state index contributed by atoms with van der Waals surface area (Å²) in [6, 6.07) is 10.3. The Hall–Kier alpha value is -3.30. The highest BCUT2D eigenvalue weighted by Gasteiger charge is 2.20. The van der Waals surface area contributed by atoms with E-state index in [0.717, 1.165) is 18.8 Å². The van der Waals surface area contributed by atoms with Crippen LogP contribution in [-0.4, -0.2) is 50.5 Å². The molecule has 0 aromatic heterocycles. The lowest BCUT2D eigenvalue weighted by atomic mass is 10.2. The van der Waals surface area contributed by atoms with E-state index >= 15 is 0 Å². The fraction of sp³-hybridized carbons (Fsp3) is 0.375. The molecule has 1 fully saturated rings. The summed E-state index contributed by atoms with van der Waals surface area (Å²) in [5.41, 5.74) is 1.38. The molecule has 3 rings (SSSR count). The van der Waals surface area contributed by atoms with Gasteiger partial charge in [0, 0.05) is 25.2 Å². The number of ether oxygens (including phenoxy) is 3. The van der Waals surface area contributed by atoms with Gasteiger partial charge < -0.3 is 29.5 Å². The Balaban J connectivity index is 1.93. The summed E-state index contributed by atoms with van der Waals surface area (Å²) in [5, 5.41) is 21.3. The van der Waals surface area contributed by atoms with Gasteiger partial charge in [0.1, 0.15) is 22.9 Å². The zero-order valence-electron chi connectivity index (χ0n) is 19.5. The number of azo groups is 1. The Bertz CT molecular complexity index is 1060. The molecule has 0 saturated carbocycles. The minimum absolute atomic E-state index is 0.252.